The van der Waals surface area contributed by atoms with Crippen LogP contribution in [0.2, 0.25) is 0 Å². The number of thiocarbonyl (C=S) groups is 1. The molecule has 2 aromatic carbocycles. The molecule has 3 aromatic rings. The summed E-state index contributed by atoms with van der Waals surface area (Å²) in [4.78, 5) is 5.15. The van der Waals surface area contributed by atoms with Gasteiger partial charge in [0.2, 0.25) is 0 Å². The van der Waals surface area contributed by atoms with Crippen molar-refractivity contribution in [2.75, 3.05) is 4.90 Å². The molecule has 0 saturated heterocycles. The van der Waals surface area contributed by atoms with Crippen LogP contribution in [-0.4, -0.2) is 10.1 Å². The molecule has 0 fully saturated rings. The minimum atomic E-state index is -0.0110. The lowest BCUT2D eigenvalue weighted by Gasteiger charge is -2.32. The van der Waals surface area contributed by atoms with E-state index in [0.717, 1.165) is 28.2 Å². The second kappa shape index (κ2) is 6.80. The number of benzene rings is 2. The van der Waals surface area contributed by atoms with E-state index in [1.807, 2.05) is 83.9 Å². The van der Waals surface area contributed by atoms with Crippen molar-refractivity contribution in [3.8, 4) is 23.3 Å². The van der Waals surface area contributed by atoms with Gasteiger partial charge in [-0.15, -0.1) is 0 Å². The topological polar surface area (TPSA) is 78.6 Å². The van der Waals surface area contributed by atoms with Crippen LogP contribution in [0.5, 0.6) is 0 Å². The number of anilines is 2. The Morgan fingerprint density at radius 2 is 1.56 bits per heavy atom. The first kappa shape index (κ1) is 16.6. The van der Waals surface area contributed by atoms with Crippen molar-refractivity contribution in [2.24, 2.45) is 0 Å². The number of para-hydroxylation sites is 1. The summed E-state index contributed by atoms with van der Waals surface area (Å²) >= 11 is 5.55. The number of H-pyrrole nitrogens is 1. The molecule has 1 aliphatic heterocycles. The van der Waals surface area contributed by atoms with Crippen molar-refractivity contribution in [3.63, 3.8) is 0 Å². The molecule has 6 heteroatoms. The van der Waals surface area contributed by atoms with E-state index < -0.39 is 0 Å². The number of allylic oxidation sites excluding steroid dienone is 1. The first-order valence-electron chi connectivity index (χ1n) is 8.22. The van der Waals surface area contributed by atoms with E-state index >= 15 is 0 Å². The van der Waals surface area contributed by atoms with Gasteiger partial charge in [-0.05, 0) is 29.9 Å². The molecule has 0 radical (unpaired) electrons. The van der Waals surface area contributed by atoms with E-state index in [4.69, 9.17) is 12.2 Å². The third-order valence-electron chi connectivity index (χ3n) is 4.34. The van der Waals surface area contributed by atoms with Crippen molar-refractivity contribution in [1.29, 1.82) is 10.5 Å². The van der Waals surface area contributed by atoms with Crippen molar-refractivity contribution in [3.05, 3.63) is 78.0 Å². The van der Waals surface area contributed by atoms with Crippen LogP contribution in [0.3, 0.4) is 0 Å². The lowest BCUT2D eigenvalue weighted by atomic mass is 9.98. The third kappa shape index (κ3) is 2.75. The van der Waals surface area contributed by atoms with Crippen molar-refractivity contribution >= 4 is 34.5 Å². The number of nitrogens with one attached hydrogen (secondary N) is 2. The Bertz CT molecular complexity index is 1110. The largest absolute Gasteiger partial charge is 0.346 e. The number of rotatable bonds is 2. The summed E-state index contributed by atoms with van der Waals surface area (Å²) in [5.41, 5.74) is 3.91. The van der Waals surface area contributed by atoms with Crippen LogP contribution in [0.1, 0.15) is 5.56 Å². The van der Waals surface area contributed by atoms with Gasteiger partial charge in [0, 0.05) is 17.4 Å². The second-order valence-corrected chi connectivity index (χ2v) is 6.25. The molecule has 2 heterocycles. The quantitative estimate of drug-likeness (QED) is 0.516. The van der Waals surface area contributed by atoms with Crippen LogP contribution in [-0.2, 0) is 0 Å². The van der Waals surface area contributed by atoms with E-state index in [2.05, 4.69) is 10.3 Å². The molecule has 0 bridgehead atoms. The Balaban J connectivity index is 2.01. The molecule has 0 spiro atoms. The van der Waals surface area contributed by atoms with Gasteiger partial charge in [0.1, 0.15) is 18.0 Å². The predicted molar refractivity (Wildman–Crippen MR) is 109 cm³/mol. The molecule has 0 saturated carbocycles. The number of fused-ring (bicyclic) bond motifs is 1. The molecule has 0 unspecified atom stereocenters. The van der Waals surface area contributed by atoms with E-state index in [1.54, 1.807) is 0 Å². The van der Waals surface area contributed by atoms with Gasteiger partial charge < -0.3 is 10.3 Å². The number of aromatic nitrogens is 1. The zero-order valence-corrected chi connectivity index (χ0v) is 14.9. The highest BCUT2D eigenvalue weighted by Gasteiger charge is 2.32. The lowest BCUT2D eigenvalue weighted by Crippen LogP contribution is -2.40. The molecule has 27 heavy (non-hydrogen) atoms. The van der Waals surface area contributed by atoms with Gasteiger partial charge in [-0.1, -0.05) is 48.5 Å². The minimum Gasteiger partial charge on any atom is -0.346 e. The number of hydrogen-bond acceptors (Lipinski definition) is 3. The highest BCUT2D eigenvalue weighted by molar-refractivity contribution is 7.80. The van der Waals surface area contributed by atoms with Gasteiger partial charge >= 0.3 is 0 Å². The SMILES string of the molecule is N#CC(C#N)=C1NC(=S)N(c2ccccc2)c2[nH]cc(-c3ccccc3)c21. The first-order chi connectivity index (χ1) is 13.2. The van der Waals surface area contributed by atoms with Crippen molar-refractivity contribution < 1.29 is 0 Å². The Hall–Kier alpha value is -3.87. The number of aromatic amines is 1. The van der Waals surface area contributed by atoms with E-state index in [-0.39, 0.29) is 5.57 Å². The number of nitrogens with zero attached hydrogens (tertiary/aromatic N) is 3. The maximum Gasteiger partial charge on any atom is 0.183 e. The molecule has 1 aliphatic rings. The van der Waals surface area contributed by atoms with Gasteiger partial charge in [-0.25, -0.2) is 0 Å². The Labute approximate surface area is 161 Å². The maximum absolute atomic E-state index is 9.43. The summed E-state index contributed by atoms with van der Waals surface area (Å²) in [6.07, 6.45) is 1.87. The van der Waals surface area contributed by atoms with Crippen LogP contribution >= 0.6 is 12.2 Å². The summed E-state index contributed by atoms with van der Waals surface area (Å²) in [6.45, 7) is 0. The number of nitriles is 2. The van der Waals surface area contributed by atoms with Crippen LogP contribution in [0, 0.1) is 22.7 Å². The molecular weight excluding hydrogens is 354 g/mol. The zero-order valence-electron chi connectivity index (χ0n) is 14.1. The molecular formula is C21H13N5S. The fraction of sp³-hybridized carbons (Fsp3) is 0. The molecule has 0 atom stereocenters. The van der Waals surface area contributed by atoms with Gasteiger partial charge in [-0.3, -0.25) is 4.90 Å². The van der Waals surface area contributed by atoms with Gasteiger partial charge in [-0.2, -0.15) is 10.5 Å². The molecule has 0 aliphatic carbocycles. The molecule has 1 aromatic heterocycles. The van der Waals surface area contributed by atoms with Crippen molar-refractivity contribution in [2.45, 2.75) is 0 Å². The van der Waals surface area contributed by atoms with Crippen LogP contribution in [0.25, 0.3) is 16.8 Å². The third-order valence-corrected chi connectivity index (χ3v) is 4.63. The molecule has 4 rings (SSSR count). The van der Waals surface area contributed by atoms with Crippen molar-refractivity contribution in [1.82, 2.24) is 10.3 Å². The summed E-state index contributed by atoms with van der Waals surface area (Å²) in [6, 6.07) is 23.4. The highest BCUT2D eigenvalue weighted by atomic mass is 32.1. The molecule has 0 amide bonds. The summed E-state index contributed by atoms with van der Waals surface area (Å²) in [7, 11) is 0. The molecule has 128 valence electrons. The van der Waals surface area contributed by atoms with Crippen LogP contribution in [0.4, 0.5) is 11.5 Å². The number of hydrogen-bond donors (Lipinski definition) is 2. The Morgan fingerprint density at radius 3 is 2.19 bits per heavy atom. The summed E-state index contributed by atoms with van der Waals surface area (Å²) < 4.78 is 0. The average molecular weight is 367 g/mol. The van der Waals surface area contributed by atoms with Gasteiger partial charge in [0.25, 0.3) is 0 Å². The van der Waals surface area contributed by atoms with E-state index in [9.17, 15) is 10.5 Å². The lowest BCUT2D eigenvalue weighted by molar-refractivity contribution is 1.14. The smallest absolute Gasteiger partial charge is 0.183 e. The standard InChI is InChI=1S/C21H13N5S/c22-11-15(12-23)19-18-17(14-7-3-1-4-8-14)13-24-20(18)26(21(27)25-19)16-9-5-2-6-10-16/h1-10,13,24H,(H,25,27). The minimum absolute atomic E-state index is 0.0110. The van der Waals surface area contributed by atoms with Crippen LogP contribution in [0.15, 0.2) is 72.4 Å². The van der Waals surface area contributed by atoms with Crippen LogP contribution < -0.4 is 10.2 Å². The second-order valence-electron chi connectivity index (χ2n) is 5.87. The van der Waals surface area contributed by atoms with Gasteiger partial charge in [0.05, 0.1) is 11.3 Å². The van der Waals surface area contributed by atoms with E-state index in [1.165, 1.54) is 0 Å². The fourth-order valence-electron chi connectivity index (χ4n) is 3.16. The first-order valence-corrected chi connectivity index (χ1v) is 8.63. The highest BCUT2D eigenvalue weighted by Crippen LogP contribution is 2.42. The predicted octanol–water partition coefficient (Wildman–Crippen LogP) is 4.47. The van der Waals surface area contributed by atoms with E-state index in [0.29, 0.717) is 10.8 Å². The molecule has 2 N–H and O–H groups in total. The Morgan fingerprint density at radius 1 is 0.926 bits per heavy atom. The monoisotopic (exact) mass is 367 g/mol. The summed E-state index contributed by atoms with van der Waals surface area (Å²) in [5, 5.41) is 22.4. The van der Waals surface area contributed by atoms with Gasteiger partial charge in [0.15, 0.2) is 10.7 Å². The average Bonchev–Trinajstić information content (AvgIpc) is 3.15. The zero-order chi connectivity index (χ0) is 18.8. The summed E-state index contributed by atoms with van der Waals surface area (Å²) in [5.74, 6) is 0.724. The Kier molecular flexibility index (Phi) is 4.18. The molecule has 5 nitrogen and oxygen atoms in total. The fourth-order valence-corrected chi connectivity index (χ4v) is 3.46. The normalized spacial score (nSPS) is 12.6. The maximum atomic E-state index is 9.43.